The number of ether oxygens (including phenoxy) is 2. The molecule has 5 heteroatoms. The molecule has 0 aliphatic carbocycles. The molecule has 0 bridgehead atoms. The number of methoxy groups -OCH3 is 1. The van der Waals surface area contributed by atoms with Gasteiger partial charge in [0.1, 0.15) is 23.4 Å². The third-order valence-corrected chi connectivity index (χ3v) is 3.96. The SMILES string of the molecule is COc1ccc(C2C[C@H](N)c3ccc(F)cc3O2)cc1Cl. The van der Waals surface area contributed by atoms with Gasteiger partial charge < -0.3 is 15.2 Å². The Morgan fingerprint density at radius 1 is 1.29 bits per heavy atom. The summed E-state index contributed by atoms with van der Waals surface area (Å²) in [6.45, 7) is 0. The fourth-order valence-corrected chi connectivity index (χ4v) is 2.83. The van der Waals surface area contributed by atoms with Crippen LogP contribution in [0, 0.1) is 5.82 Å². The average molecular weight is 308 g/mol. The summed E-state index contributed by atoms with van der Waals surface area (Å²) in [4.78, 5) is 0. The van der Waals surface area contributed by atoms with Gasteiger partial charge in [-0.2, -0.15) is 0 Å². The van der Waals surface area contributed by atoms with Crippen molar-refractivity contribution in [2.75, 3.05) is 7.11 Å². The van der Waals surface area contributed by atoms with Crippen molar-refractivity contribution in [1.29, 1.82) is 0 Å². The highest BCUT2D eigenvalue weighted by atomic mass is 35.5. The van der Waals surface area contributed by atoms with Crippen molar-refractivity contribution >= 4 is 11.6 Å². The van der Waals surface area contributed by atoms with E-state index in [9.17, 15) is 4.39 Å². The van der Waals surface area contributed by atoms with Crippen LogP contribution in [0.25, 0.3) is 0 Å². The minimum atomic E-state index is -0.339. The van der Waals surface area contributed by atoms with Crippen molar-refractivity contribution in [3.63, 3.8) is 0 Å². The fraction of sp³-hybridized carbons (Fsp3) is 0.250. The summed E-state index contributed by atoms with van der Waals surface area (Å²) in [5.74, 6) is 0.757. The lowest BCUT2D eigenvalue weighted by atomic mass is 9.93. The lowest BCUT2D eigenvalue weighted by molar-refractivity contribution is 0.160. The van der Waals surface area contributed by atoms with Crippen LogP contribution in [0.3, 0.4) is 0 Å². The molecule has 1 unspecified atom stereocenters. The van der Waals surface area contributed by atoms with E-state index >= 15 is 0 Å². The first-order chi connectivity index (χ1) is 10.1. The van der Waals surface area contributed by atoms with E-state index in [1.54, 1.807) is 25.3 Å². The highest BCUT2D eigenvalue weighted by Gasteiger charge is 2.27. The monoisotopic (exact) mass is 307 g/mol. The van der Waals surface area contributed by atoms with Crippen molar-refractivity contribution in [2.24, 2.45) is 5.73 Å². The molecule has 0 amide bonds. The molecule has 110 valence electrons. The van der Waals surface area contributed by atoms with E-state index in [4.69, 9.17) is 26.8 Å². The summed E-state index contributed by atoms with van der Waals surface area (Å²) in [7, 11) is 1.56. The van der Waals surface area contributed by atoms with Crippen LogP contribution in [-0.4, -0.2) is 7.11 Å². The van der Waals surface area contributed by atoms with E-state index < -0.39 is 0 Å². The van der Waals surface area contributed by atoms with Gasteiger partial charge >= 0.3 is 0 Å². The van der Waals surface area contributed by atoms with Crippen molar-refractivity contribution in [3.05, 3.63) is 58.4 Å². The van der Waals surface area contributed by atoms with Crippen molar-refractivity contribution < 1.29 is 13.9 Å². The summed E-state index contributed by atoms with van der Waals surface area (Å²) in [5.41, 5.74) is 7.88. The Balaban J connectivity index is 1.93. The second-order valence-corrected chi connectivity index (χ2v) is 5.43. The Labute approximate surface area is 127 Å². The van der Waals surface area contributed by atoms with E-state index in [2.05, 4.69) is 0 Å². The highest BCUT2D eigenvalue weighted by molar-refractivity contribution is 6.32. The van der Waals surface area contributed by atoms with Gasteiger partial charge in [0.25, 0.3) is 0 Å². The normalized spacial score (nSPS) is 20.6. The number of fused-ring (bicyclic) bond motifs is 1. The van der Waals surface area contributed by atoms with Crippen LogP contribution >= 0.6 is 11.6 Å². The maximum absolute atomic E-state index is 13.4. The minimum Gasteiger partial charge on any atom is -0.495 e. The molecule has 0 radical (unpaired) electrons. The molecule has 1 heterocycles. The lowest BCUT2D eigenvalue weighted by Crippen LogP contribution is -2.24. The third kappa shape index (κ3) is 2.69. The Bertz CT molecular complexity index is 677. The molecule has 0 saturated heterocycles. The summed E-state index contributed by atoms with van der Waals surface area (Å²) in [6.07, 6.45) is 0.360. The second-order valence-electron chi connectivity index (χ2n) is 5.02. The molecule has 2 atom stereocenters. The molecule has 2 aromatic rings. The lowest BCUT2D eigenvalue weighted by Gasteiger charge is -2.30. The standard InChI is InChI=1S/C16H15ClFNO2/c1-20-14-5-2-9(6-12(14)17)15-8-13(19)11-4-3-10(18)7-16(11)21-15/h2-7,13,15H,8,19H2,1H3/t13-,15?/m0/s1. The van der Waals surface area contributed by atoms with Crippen molar-refractivity contribution in [1.82, 2.24) is 0 Å². The molecule has 3 rings (SSSR count). The molecule has 2 aromatic carbocycles. The second kappa shape index (κ2) is 5.54. The summed E-state index contributed by atoms with van der Waals surface area (Å²) >= 11 is 6.14. The highest BCUT2D eigenvalue weighted by Crippen LogP contribution is 2.41. The van der Waals surface area contributed by atoms with Crippen LogP contribution in [0.4, 0.5) is 4.39 Å². The Morgan fingerprint density at radius 2 is 2.10 bits per heavy atom. The van der Waals surface area contributed by atoms with Gasteiger partial charge in [0.05, 0.1) is 12.1 Å². The molecule has 1 aliphatic heterocycles. The van der Waals surface area contributed by atoms with Crippen molar-refractivity contribution in [3.8, 4) is 11.5 Å². The number of hydrogen-bond acceptors (Lipinski definition) is 3. The van der Waals surface area contributed by atoms with Gasteiger partial charge in [-0.1, -0.05) is 23.7 Å². The maximum atomic E-state index is 13.4. The number of nitrogens with two attached hydrogens (primary N) is 1. The summed E-state index contributed by atoms with van der Waals surface area (Å²) in [6, 6.07) is 9.70. The quantitative estimate of drug-likeness (QED) is 0.911. The predicted octanol–water partition coefficient (Wildman–Crippen LogP) is 4.01. The third-order valence-electron chi connectivity index (χ3n) is 3.66. The molecule has 21 heavy (non-hydrogen) atoms. The Kier molecular flexibility index (Phi) is 3.74. The van der Waals surface area contributed by atoms with Crippen LogP contribution in [-0.2, 0) is 0 Å². The molecule has 0 aromatic heterocycles. The van der Waals surface area contributed by atoms with E-state index in [0.29, 0.717) is 22.9 Å². The van der Waals surface area contributed by atoms with Crippen LogP contribution in [0.5, 0.6) is 11.5 Å². The van der Waals surface area contributed by atoms with E-state index in [0.717, 1.165) is 11.1 Å². The molecule has 2 N–H and O–H groups in total. The van der Waals surface area contributed by atoms with Gasteiger partial charge in [-0.15, -0.1) is 0 Å². The first-order valence-electron chi connectivity index (χ1n) is 6.63. The van der Waals surface area contributed by atoms with Gasteiger partial charge in [-0.05, 0) is 23.8 Å². The zero-order valence-electron chi connectivity index (χ0n) is 11.5. The molecule has 0 spiro atoms. The van der Waals surface area contributed by atoms with E-state index in [1.165, 1.54) is 12.1 Å². The Hall–Kier alpha value is -1.78. The molecular formula is C16H15ClFNO2. The number of benzene rings is 2. The summed E-state index contributed by atoms with van der Waals surface area (Å²) in [5, 5.41) is 0.511. The van der Waals surface area contributed by atoms with Crippen LogP contribution in [0.1, 0.15) is 29.7 Å². The zero-order chi connectivity index (χ0) is 15.0. The van der Waals surface area contributed by atoms with Crippen LogP contribution < -0.4 is 15.2 Å². The smallest absolute Gasteiger partial charge is 0.137 e. The molecular weight excluding hydrogens is 293 g/mol. The fourth-order valence-electron chi connectivity index (χ4n) is 2.56. The first-order valence-corrected chi connectivity index (χ1v) is 7.01. The van der Waals surface area contributed by atoms with Gasteiger partial charge in [-0.3, -0.25) is 0 Å². The van der Waals surface area contributed by atoms with Gasteiger partial charge in [-0.25, -0.2) is 4.39 Å². The molecule has 1 aliphatic rings. The zero-order valence-corrected chi connectivity index (χ0v) is 12.2. The number of hydrogen-bond donors (Lipinski definition) is 1. The number of halogens is 2. The average Bonchev–Trinajstić information content (AvgIpc) is 2.46. The van der Waals surface area contributed by atoms with Gasteiger partial charge in [0, 0.05) is 24.1 Å². The van der Waals surface area contributed by atoms with Crippen LogP contribution in [0.2, 0.25) is 5.02 Å². The Morgan fingerprint density at radius 3 is 2.81 bits per heavy atom. The van der Waals surface area contributed by atoms with Gasteiger partial charge in [0.15, 0.2) is 0 Å². The number of rotatable bonds is 2. The van der Waals surface area contributed by atoms with E-state index in [-0.39, 0.29) is 18.0 Å². The molecule has 3 nitrogen and oxygen atoms in total. The first kappa shape index (κ1) is 14.2. The maximum Gasteiger partial charge on any atom is 0.137 e. The predicted molar refractivity (Wildman–Crippen MR) is 79.3 cm³/mol. The minimum absolute atomic E-state index is 0.194. The van der Waals surface area contributed by atoms with Gasteiger partial charge in [0.2, 0.25) is 0 Å². The molecule has 0 saturated carbocycles. The van der Waals surface area contributed by atoms with E-state index in [1.807, 2.05) is 6.07 Å². The summed E-state index contributed by atoms with van der Waals surface area (Å²) < 4.78 is 24.4. The van der Waals surface area contributed by atoms with Crippen molar-refractivity contribution in [2.45, 2.75) is 18.6 Å². The molecule has 0 fully saturated rings. The topological polar surface area (TPSA) is 44.5 Å². The largest absolute Gasteiger partial charge is 0.495 e. The van der Waals surface area contributed by atoms with Crippen LogP contribution in [0.15, 0.2) is 36.4 Å².